The number of halogens is 2. The summed E-state index contributed by atoms with van der Waals surface area (Å²) in [5.41, 5.74) is 0.358. The predicted molar refractivity (Wildman–Crippen MR) is 55.6 cm³/mol. The molecule has 1 atom stereocenters. The van der Waals surface area contributed by atoms with Crippen molar-refractivity contribution in [1.29, 1.82) is 0 Å². The largest absolute Gasteiger partial charge is 0.481 e. The summed E-state index contributed by atoms with van der Waals surface area (Å²) in [6.45, 7) is 0. The number of hydrogen-bond acceptors (Lipinski definition) is 2. The minimum absolute atomic E-state index is 0.0519. The molecule has 0 aliphatic carbocycles. The van der Waals surface area contributed by atoms with Gasteiger partial charge < -0.3 is 10.4 Å². The van der Waals surface area contributed by atoms with Crippen LogP contribution in [0, 0.1) is 5.82 Å². The summed E-state index contributed by atoms with van der Waals surface area (Å²) in [4.78, 5) is 20.8. The molecule has 1 amide bonds. The van der Waals surface area contributed by atoms with E-state index >= 15 is 0 Å². The minimum Gasteiger partial charge on any atom is -0.481 e. The number of carbonyl (C=O) groups is 2. The van der Waals surface area contributed by atoms with Gasteiger partial charge in [0.1, 0.15) is 5.82 Å². The fraction of sp³-hybridized carbons (Fsp3) is 0.200. The molecule has 0 aromatic heterocycles. The smallest absolute Gasteiger partial charge is 0.305 e. The van der Waals surface area contributed by atoms with Gasteiger partial charge in [-0.1, -0.05) is 17.7 Å². The lowest BCUT2D eigenvalue weighted by atomic mass is 10.0. The van der Waals surface area contributed by atoms with Crippen molar-refractivity contribution >= 4 is 24.0 Å². The first-order chi connectivity index (χ1) is 7.54. The van der Waals surface area contributed by atoms with Gasteiger partial charge in [0.15, 0.2) is 0 Å². The first kappa shape index (κ1) is 12.4. The first-order valence-corrected chi connectivity index (χ1v) is 4.79. The Labute approximate surface area is 96.0 Å². The van der Waals surface area contributed by atoms with Crippen molar-refractivity contribution < 1.29 is 19.1 Å². The van der Waals surface area contributed by atoms with Gasteiger partial charge in [0.2, 0.25) is 6.41 Å². The zero-order valence-electron chi connectivity index (χ0n) is 8.11. The molecule has 0 saturated carbocycles. The molecule has 1 aromatic carbocycles. The van der Waals surface area contributed by atoms with Gasteiger partial charge in [-0.15, -0.1) is 0 Å². The second-order valence-electron chi connectivity index (χ2n) is 3.11. The van der Waals surface area contributed by atoms with E-state index in [0.717, 1.165) is 6.07 Å². The molecule has 2 N–H and O–H groups in total. The normalized spacial score (nSPS) is 11.9. The van der Waals surface area contributed by atoms with E-state index in [0.29, 0.717) is 12.0 Å². The minimum atomic E-state index is -1.09. The predicted octanol–water partition coefficient (Wildman–Crippen LogP) is 1.74. The standard InChI is InChI=1S/C10H9ClFNO3/c11-7-2-1-6(3-8(7)12)9(13-5-14)4-10(15)16/h1-3,5,9H,4H2,(H,13,14)(H,15,16)/t9-/m1/s1. The maximum absolute atomic E-state index is 13.1. The Morgan fingerprint density at radius 3 is 2.81 bits per heavy atom. The highest BCUT2D eigenvalue weighted by Gasteiger charge is 2.15. The van der Waals surface area contributed by atoms with Gasteiger partial charge >= 0.3 is 5.97 Å². The Balaban J connectivity index is 2.95. The van der Waals surface area contributed by atoms with Crippen LogP contribution in [-0.4, -0.2) is 17.5 Å². The number of benzene rings is 1. The number of hydrogen-bond donors (Lipinski definition) is 2. The average Bonchev–Trinajstić information content (AvgIpc) is 2.21. The Hall–Kier alpha value is -1.62. The number of nitrogens with one attached hydrogen (secondary N) is 1. The van der Waals surface area contributed by atoms with Crippen LogP contribution in [0.4, 0.5) is 4.39 Å². The van der Waals surface area contributed by atoms with Crippen molar-refractivity contribution in [1.82, 2.24) is 5.32 Å². The van der Waals surface area contributed by atoms with Crippen LogP contribution in [0.15, 0.2) is 18.2 Å². The van der Waals surface area contributed by atoms with E-state index < -0.39 is 17.8 Å². The Bertz CT molecular complexity index is 411. The van der Waals surface area contributed by atoms with Crippen LogP contribution in [0.1, 0.15) is 18.0 Å². The van der Waals surface area contributed by atoms with Gasteiger partial charge in [-0.05, 0) is 17.7 Å². The highest BCUT2D eigenvalue weighted by molar-refractivity contribution is 6.30. The van der Waals surface area contributed by atoms with E-state index in [4.69, 9.17) is 16.7 Å². The summed E-state index contributed by atoms with van der Waals surface area (Å²) in [6, 6.07) is 3.12. The van der Waals surface area contributed by atoms with E-state index in [1.807, 2.05) is 0 Å². The molecule has 0 unspecified atom stereocenters. The van der Waals surface area contributed by atoms with Crippen molar-refractivity contribution in [3.05, 3.63) is 34.6 Å². The van der Waals surface area contributed by atoms with Crippen molar-refractivity contribution in [2.75, 3.05) is 0 Å². The van der Waals surface area contributed by atoms with Crippen LogP contribution >= 0.6 is 11.6 Å². The summed E-state index contributed by atoms with van der Waals surface area (Å²) in [5, 5.41) is 10.9. The zero-order valence-corrected chi connectivity index (χ0v) is 8.87. The fourth-order valence-electron chi connectivity index (χ4n) is 1.26. The molecule has 0 aliphatic rings. The lowest BCUT2D eigenvalue weighted by Gasteiger charge is -2.14. The lowest BCUT2D eigenvalue weighted by Crippen LogP contribution is -2.22. The van der Waals surface area contributed by atoms with Crippen LogP contribution in [-0.2, 0) is 9.59 Å². The second-order valence-corrected chi connectivity index (χ2v) is 3.52. The first-order valence-electron chi connectivity index (χ1n) is 4.41. The summed E-state index contributed by atoms with van der Waals surface area (Å²) in [5.74, 6) is -1.74. The number of carboxylic acids is 1. The topological polar surface area (TPSA) is 66.4 Å². The molecular formula is C10H9ClFNO3. The molecule has 6 heteroatoms. The third-order valence-electron chi connectivity index (χ3n) is 1.99. The van der Waals surface area contributed by atoms with Crippen LogP contribution < -0.4 is 5.32 Å². The Kier molecular flexibility index (Phi) is 4.25. The molecule has 1 rings (SSSR count). The average molecular weight is 246 g/mol. The van der Waals surface area contributed by atoms with Gasteiger partial charge in [-0.25, -0.2) is 4.39 Å². The molecule has 4 nitrogen and oxygen atoms in total. The summed E-state index contributed by atoms with van der Waals surface area (Å²) in [7, 11) is 0. The SMILES string of the molecule is O=CN[C@H](CC(=O)O)c1ccc(Cl)c(F)c1. The fourth-order valence-corrected chi connectivity index (χ4v) is 1.38. The van der Waals surface area contributed by atoms with Crippen LogP contribution in [0.3, 0.4) is 0 Å². The molecule has 0 saturated heterocycles. The van der Waals surface area contributed by atoms with Crippen LogP contribution in [0.2, 0.25) is 5.02 Å². The number of carboxylic acid groups (broad SMARTS) is 1. The van der Waals surface area contributed by atoms with Crippen molar-refractivity contribution in [2.45, 2.75) is 12.5 Å². The van der Waals surface area contributed by atoms with E-state index in [9.17, 15) is 14.0 Å². The third kappa shape index (κ3) is 3.20. The number of amides is 1. The molecular weight excluding hydrogens is 237 g/mol. The third-order valence-corrected chi connectivity index (χ3v) is 2.30. The van der Waals surface area contributed by atoms with Gasteiger partial charge in [0, 0.05) is 0 Å². The molecule has 16 heavy (non-hydrogen) atoms. The van der Waals surface area contributed by atoms with Gasteiger partial charge in [0.25, 0.3) is 0 Å². The molecule has 86 valence electrons. The Morgan fingerprint density at radius 2 is 2.31 bits per heavy atom. The van der Waals surface area contributed by atoms with Gasteiger partial charge in [-0.3, -0.25) is 9.59 Å². The van der Waals surface area contributed by atoms with Crippen LogP contribution in [0.25, 0.3) is 0 Å². The zero-order chi connectivity index (χ0) is 12.1. The molecule has 0 heterocycles. The van der Waals surface area contributed by atoms with Crippen LogP contribution in [0.5, 0.6) is 0 Å². The van der Waals surface area contributed by atoms with E-state index in [1.165, 1.54) is 12.1 Å². The van der Waals surface area contributed by atoms with E-state index in [2.05, 4.69) is 5.32 Å². The van der Waals surface area contributed by atoms with Gasteiger partial charge in [0.05, 0.1) is 17.5 Å². The quantitative estimate of drug-likeness (QED) is 0.777. The maximum atomic E-state index is 13.1. The molecule has 0 radical (unpaired) electrons. The van der Waals surface area contributed by atoms with Crippen molar-refractivity contribution in [2.24, 2.45) is 0 Å². The molecule has 0 spiro atoms. The molecule has 0 aliphatic heterocycles. The lowest BCUT2D eigenvalue weighted by molar-refractivity contribution is -0.137. The van der Waals surface area contributed by atoms with E-state index in [1.54, 1.807) is 0 Å². The van der Waals surface area contributed by atoms with E-state index in [-0.39, 0.29) is 11.4 Å². The summed E-state index contributed by atoms with van der Waals surface area (Å²) >= 11 is 5.49. The molecule has 1 aromatic rings. The summed E-state index contributed by atoms with van der Waals surface area (Å²) in [6.07, 6.45) is 0.0555. The Morgan fingerprint density at radius 1 is 1.62 bits per heavy atom. The monoisotopic (exact) mass is 245 g/mol. The second kappa shape index (κ2) is 5.46. The van der Waals surface area contributed by atoms with Crippen molar-refractivity contribution in [3.8, 4) is 0 Å². The number of aliphatic carboxylic acids is 1. The highest BCUT2D eigenvalue weighted by atomic mass is 35.5. The summed E-state index contributed by atoms with van der Waals surface area (Å²) < 4.78 is 13.1. The maximum Gasteiger partial charge on any atom is 0.305 e. The van der Waals surface area contributed by atoms with Crippen molar-refractivity contribution in [3.63, 3.8) is 0 Å². The molecule has 0 bridgehead atoms. The van der Waals surface area contributed by atoms with Gasteiger partial charge in [-0.2, -0.15) is 0 Å². The number of rotatable bonds is 5. The molecule has 0 fully saturated rings. The highest BCUT2D eigenvalue weighted by Crippen LogP contribution is 2.22. The number of carbonyl (C=O) groups excluding carboxylic acids is 1.